The second-order valence-corrected chi connectivity index (χ2v) is 4.84. The van der Waals surface area contributed by atoms with Gasteiger partial charge in [-0.1, -0.05) is 15.9 Å². The topological polar surface area (TPSA) is 29.9 Å². The van der Waals surface area contributed by atoms with Gasteiger partial charge in [0, 0.05) is 23.4 Å². The second-order valence-electron chi connectivity index (χ2n) is 3.99. The molecule has 2 rings (SSSR count). The van der Waals surface area contributed by atoms with Crippen LogP contribution in [0.4, 0.5) is 19.1 Å². The van der Waals surface area contributed by atoms with Gasteiger partial charge in [0.2, 0.25) is 5.95 Å². The summed E-state index contributed by atoms with van der Waals surface area (Å²) in [5.41, 5.74) is 0.416. The first-order valence-corrected chi connectivity index (χ1v) is 6.23. The number of imidazole rings is 1. The van der Waals surface area contributed by atoms with Crippen molar-refractivity contribution in [3.05, 3.63) is 40.1 Å². The zero-order valence-electron chi connectivity index (χ0n) is 10.2. The fraction of sp³-hybridized carbons (Fsp3) is 0.250. The zero-order chi connectivity index (χ0) is 14.2. The Labute approximate surface area is 116 Å². The van der Waals surface area contributed by atoms with Gasteiger partial charge in [-0.25, -0.2) is 4.98 Å². The summed E-state index contributed by atoms with van der Waals surface area (Å²) in [7, 11) is 1.67. The number of aryl methyl sites for hydroxylation is 1. The Balaban J connectivity index is 2.57. The smallest absolute Gasteiger partial charge is 0.358 e. The van der Waals surface area contributed by atoms with E-state index < -0.39 is 11.7 Å². The molecule has 1 heterocycles. The monoisotopic (exact) mass is 333 g/mol. The maximum atomic E-state index is 12.9. The van der Waals surface area contributed by atoms with E-state index in [4.69, 9.17) is 0 Å². The van der Waals surface area contributed by atoms with Crippen molar-refractivity contribution in [3.8, 4) is 5.69 Å². The fourth-order valence-electron chi connectivity index (χ4n) is 1.75. The lowest BCUT2D eigenvalue weighted by atomic mass is 10.2. The van der Waals surface area contributed by atoms with E-state index in [1.54, 1.807) is 30.8 Å². The number of nitrogens with one attached hydrogen (secondary N) is 1. The van der Waals surface area contributed by atoms with Crippen LogP contribution in [0.3, 0.4) is 0 Å². The maximum Gasteiger partial charge on any atom is 0.417 e. The van der Waals surface area contributed by atoms with Crippen LogP contribution in [0.5, 0.6) is 0 Å². The quantitative estimate of drug-likeness (QED) is 0.900. The molecule has 0 aliphatic carbocycles. The van der Waals surface area contributed by atoms with E-state index in [2.05, 4.69) is 26.2 Å². The summed E-state index contributed by atoms with van der Waals surface area (Å²) in [6.07, 6.45) is -2.72. The number of aromatic nitrogens is 2. The molecular formula is C12H11BrF3N3. The summed E-state index contributed by atoms with van der Waals surface area (Å²) in [6.45, 7) is 1.78. The first-order chi connectivity index (χ1) is 8.82. The Bertz CT molecular complexity index is 605. The number of alkyl halides is 3. The number of hydrogen-bond acceptors (Lipinski definition) is 2. The van der Waals surface area contributed by atoms with E-state index in [1.807, 2.05) is 0 Å². The standard InChI is InChI=1S/C12H11BrF3N3/c1-7-6-19(11(17-2)18-7)8-3-4-10(13)9(5-8)12(14,15)16/h3-6H,1-2H3,(H,17,18). The number of anilines is 1. The third-order valence-electron chi connectivity index (χ3n) is 2.58. The van der Waals surface area contributed by atoms with Crippen LogP contribution in [0.15, 0.2) is 28.9 Å². The number of hydrogen-bond donors (Lipinski definition) is 1. The van der Waals surface area contributed by atoms with E-state index in [-0.39, 0.29) is 4.47 Å². The van der Waals surface area contributed by atoms with Gasteiger partial charge in [-0.3, -0.25) is 4.57 Å². The third kappa shape index (κ3) is 2.75. The number of benzene rings is 1. The highest BCUT2D eigenvalue weighted by Gasteiger charge is 2.33. The Hall–Kier alpha value is -1.50. The molecule has 0 saturated carbocycles. The van der Waals surface area contributed by atoms with Crippen LogP contribution < -0.4 is 5.32 Å². The SMILES string of the molecule is CNc1nc(C)cn1-c1ccc(Br)c(C(F)(F)F)c1. The van der Waals surface area contributed by atoms with Crippen LogP contribution in [-0.4, -0.2) is 16.6 Å². The van der Waals surface area contributed by atoms with Gasteiger partial charge in [-0.05, 0) is 25.1 Å². The summed E-state index contributed by atoms with van der Waals surface area (Å²) in [4.78, 5) is 4.18. The van der Waals surface area contributed by atoms with Gasteiger partial charge in [0.25, 0.3) is 0 Å². The molecule has 1 aromatic heterocycles. The molecule has 0 radical (unpaired) electrons. The van der Waals surface area contributed by atoms with Crippen molar-refractivity contribution in [2.75, 3.05) is 12.4 Å². The predicted molar refractivity (Wildman–Crippen MR) is 70.5 cm³/mol. The summed E-state index contributed by atoms with van der Waals surface area (Å²) in [5, 5.41) is 2.85. The van der Waals surface area contributed by atoms with Crippen LogP contribution in [0.25, 0.3) is 5.69 Å². The molecule has 0 spiro atoms. The molecule has 102 valence electrons. The van der Waals surface area contributed by atoms with Crippen molar-refractivity contribution in [2.24, 2.45) is 0 Å². The first kappa shape index (κ1) is 13.9. The summed E-state index contributed by atoms with van der Waals surface area (Å²) in [6, 6.07) is 4.07. The van der Waals surface area contributed by atoms with Crippen LogP contribution in [0.1, 0.15) is 11.3 Å². The predicted octanol–water partition coefficient (Wildman–Crippen LogP) is 4.00. The first-order valence-electron chi connectivity index (χ1n) is 5.44. The molecular weight excluding hydrogens is 323 g/mol. The zero-order valence-corrected chi connectivity index (χ0v) is 11.8. The second kappa shape index (κ2) is 4.88. The molecule has 0 atom stereocenters. The number of rotatable bonds is 2. The van der Waals surface area contributed by atoms with Crippen LogP contribution >= 0.6 is 15.9 Å². The highest BCUT2D eigenvalue weighted by atomic mass is 79.9. The minimum absolute atomic E-state index is 0.0200. The van der Waals surface area contributed by atoms with Gasteiger partial charge < -0.3 is 5.32 Å². The molecule has 0 fully saturated rings. The molecule has 2 aromatic rings. The lowest BCUT2D eigenvalue weighted by molar-refractivity contribution is -0.138. The van der Waals surface area contributed by atoms with E-state index in [1.165, 1.54) is 6.07 Å². The third-order valence-corrected chi connectivity index (χ3v) is 3.27. The molecule has 3 nitrogen and oxygen atoms in total. The van der Waals surface area contributed by atoms with Crippen molar-refractivity contribution in [2.45, 2.75) is 13.1 Å². The van der Waals surface area contributed by atoms with E-state index in [9.17, 15) is 13.2 Å². The average molecular weight is 334 g/mol. The average Bonchev–Trinajstić information content (AvgIpc) is 2.69. The fourth-order valence-corrected chi connectivity index (χ4v) is 2.22. The highest BCUT2D eigenvalue weighted by Crippen LogP contribution is 2.36. The van der Waals surface area contributed by atoms with E-state index in [0.29, 0.717) is 11.6 Å². The summed E-state index contributed by atoms with van der Waals surface area (Å²) in [5.74, 6) is 0.493. The molecule has 1 N–H and O–H groups in total. The van der Waals surface area contributed by atoms with E-state index in [0.717, 1.165) is 11.8 Å². The van der Waals surface area contributed by atoms with Gasteiger partial charge in [0.15, 0.2) is 0 Å². The molecule has 7 heteroatoms. The molecule has 0 amide bonds. The molecule has 19 heavy (non-hydrogen) atoms. The van der Waals surface area contributed by atoms with Gasteiger partial charge in [0.05, 0.1) is 11.3 Å². The molecule has 0 saturated heterocycles. The minimum Gasteiger partial charge on any atom is -0.358 e. The Morgan fingerprint density at radius 1 is 1.32 bits per heavy atom. The van der Waals surface area contributed by atoms with Crippen LogP contribution in [0, 0.1) is 6.92 Å². The normalized spacial score (nSPS) is 11.7. The minimum atomic E-state index is -4.40. The van der Waals surface area contributed by atoms with Gasteiger partial charge in [-0.2, -0.15) is 13.2 Å². The van der Waals surface area contributed by atoms with Crippen LogP contribution in [-0.2, 0) is 6.18 Å². The molecule has 0 aliphatic heterocycles. The Kier molecular flexibility index (Phi) is 3.58. The summed E-state index contributed by atoms with van der Waals surface area (Å²) >= 11 is 2.92. The molecule has 0 bridgehead atoms. The lowest BCUT2D eigenvalue weighted by Gasteiger charge is -2.13. The van der Waals surface area contributed by atoms with Crippen LogP contribution in [0.2, 0.25) is 0 Å². The highest BCUT2D eigenvalue weighted by molar-refractivity contribution is 9.10. The largest absolute Gasteiger partial charge is 0.417 e. The number of halogens is 4. The summed E-state index contributed by atoms with van der Waals surface area (Å²) < 4.78 is 40.2. The molecule has 0 unspecified atom stereocenters. The Morgan fingerprint density at radius 2 is 2.00 bits per heavy atom. The lowest BCUT2D eigenvalue weighted by Crippen LogP contribution is -2.08. The molecule has 1 aromatic carbocycles. The van der Waals surface area contributed by atoms with Gasteiger partial charge in [0.1, 0.15) is 0 Å². The van der Waals surface area contributed by atoms with Crippen molar-refractivity contribution in [1.29, 1.82) is 0 Å². The van der Waals surface area contributed by atoms with E-state index >= 15 is 0 Å². The van der Waals surface area contributed by atoms with Crippen molar-refractivity contribution in [3.63, 3.8) is 0 Å². The Morgan fingerprint density at radius 3 is 2.58 bits per heavy atom. The van der Waals surface area contributed by atoms with Crippen molar-refractivity contribution >= 4 is 21.9 Å². The van der Waals surface area contributed by atoms with Gasteiger partial charge in [-0.15, -0.1) is 0 Å². The number of nitrogens with zero attached hydrogens (tertiary/aromatic N) is 2. The van der Waals surface area contributed by atoms with Gasteiger partial charge >= 0.3 is 6.18 Å². The van der Waals surface area contributed by atoms with Crippen molar-refractivity contribution < 1.29 is 13.2 Å². The van der Waals surface area contributed by atoms with Crippen molar-refractivity contribution in [1.82, 2.24) is 9.55 Å². The molecule has 0 aliphatic rings. The maximum absolute atomic E-state index is 12.9.